The fraction of sp³-hybridized carbons (Fsp3) is 0.476. The lowest BCUT2D eigenvalue weighted by Crippen LogP contribution is -2.30. The van der Waals surface area contributed by atoms with E-state index in [1.165, 1.54) is 6.07 Å². The van der Waals surface area contributed by atoms with Crippen LogP contribution in [0.25, 0.3) is 11.2 Å². The molecule has 0 aliphatic carbocycles. The highest BCUT2D eigenvalue weighted by molar-refractivity contribution is 5.94. The molecule has 0 unspecified atom stereocenters. The number of aromatic nitrogens is 4. The second-order valence-electron chi connectivity index (χ2n) is 7.16. The molecule has 0 bridgehead atoms. The topological polar surface area (TPSA) is 131 Å². The molecule has 172 valence electrons. The normalized spacial score (nSPS) is 14.0. The van der Waals surface area contributed by atoms with Crippen molar-refractivity contribution in [1.82, 2.24) is 19.3 Å². The SMILES string of the molecule is CC.Cc1cc(C(N)=O)c(F)c(C)c1Nc1ncc2c(n1)n(C1CCOCC1)n2C.O.[HH]. The Morgan fingerprint density at radius 2 is 1.97 bits per heavy atom. The molecule has 4 rings (SSSR count). The molecular weight excluding hydrogens is 403 g/mol. The first-order chi connectivity index (χ1) is 14.4. The van der Waals surface area contributed by atoms with Gasteiger partial charge in [-0.25, -0.2) is 9.37 Å². The average Bonchev–Trinajstić information content (AvgIpc) is 2.75. The zero-order chi connectivity index (χ0) is 22.0. The number of benzene rings is 1. The highest BCUT2D eigenvalue weighted by Gasteiger charge is 2.24. The first-order valence-corrected chi connectivity index (χ1v) is 10.2. The van der Waals surface area contributed by atoms with Crippen molar-refractivity contribution in [3.05, 3.63) is 34.8 Å². The number of anilines is 2. The van der Waals surface area contributed by atoms with Gasteiger partial charge in [0.25, 0.3) is 5.91 Å². The van der Waals surface area contributed by atoms with E-state index in [9.17, 15) is 9.18 Å². The molecule has 0 spiro atoms. The van der Waals surface area contributed by atoms with Crippen LogP contribution in [0.5, 0.6) is 0 Å². The highest BCUT2D eigenvalue weighted by Crippen LogP contribution is 2.31. The van der Waals surface area contributed by atoms with Crippen molar-refractivity contribution in [1.29, 1.82) is 0 Å². The summed E-state index contributed by atoms with van der Waals surface area (Å²) in [6, 6.07) is 1.78. The van der Waals surface area contributed by atoms with Gasteiger partial charge in [-0.15, -0.1) is 0 Å². The van der Waals surface area contributed by atoms with Crippen molar-refractivity contribution in [2.45, 2.75) is 46.6 Å². The number of primary amides is 1. The van der Waals surface area contributed by atoms with Gasteiger partial charge in [-0.1, -0.05) is 13.8 Å². The lowest BCUT2D eigenvalue weighted by Gasteiger charge is -2.32. The van der Waals surface area contributed by atoms with E-state index >= 15 is 0 Å². The Bertz CT molecular complexity index is 1080. The minimum atomic E-state index is -0.789. The standard InChI is InChI=1S/C19H23FN6O2.C2H6.H2O.H2/c1-10-8-13(17(21)27)15(20)11(2)16(10)23-19-22-9-14-18(24-19)26(25(14)3)12-4-6-28-7-5-12;1-2;;/h8-9,12H,4-7H2,1-3H3,(H2,21,27)(H,22,23,24);1-2H3;1H2;1H. The maximum atomic E-state index is 14.5. The molecule has 1 saturated heterocycles. The van der Waals surface area contributed by atoms with Gasteiger partial charge < -0.3 is 21.3 Å². The molecule has 1 aromatic carbocycles. The Labute approximate surface area is 182 Å². The van der Waals surface area contributed by atoms with Crippen LogP contribution in [0, 0.1) is 19.7 Å². The predicted molar refractivity (Wildman–Crippen MR) is 120 cm³/mol. The van der Waals surface area contributed by atoms with Crippen molar-refractivity contribution in [2.75, 3.05) is 18.5 Å². The van der Waals surface area contributed by atoms with Gasteiger partial charge in [0.1, 0.15) is 11.3 Å². The van der Waals surface area contributed by atoms with Gasteiger partial charge in [0.15, 0.2) is 5.65 Å². The first kappa shape index (κ1) is 24.3. The summed E-state index contributed by atoms with van der Waals surface area (Å²) in [5, 5.41) is 3.10. The van der Waals surface area contributed by atoms with E-state index in [4.69, 9.17) is 10.5 Å². The maximum absolute atomic E-state index is 14.5. The number of halogens is 1. The summed E-state index contributed by atoms with van der Waals surface area (Å²) < 4.78 is 24.2. The summed E-state index contributed by atoms with van der Waals surface area (Å²) in [4.78, 5) is 20.4. The molecule has 3 aromatic rings. The number of nitrogens with two attached hydrogens (primary N) is 1. The number of hydrogen-bond donors (Lipinski definition) is 2. The highest BCUT2D eigenvalue weighted by atomic mass is 19.1. The number of amides is 1. The van der Waals surface area contributed by atoms with Crippen LogP contribution < -0.4 is 11.1 Å². The van der Waals surface area contributed by atoms with E-state index in [0.717, 1.165) is 37.2 Å². The number of nitrogens with one attached hydrogen (secondary N) is 1. The van der Waals surface area contributed by atoms with E-state index in [0.29, 0.717) is 28.8 Å². The van der Waals surface area contributed by atoms with Crippen LogP contribution in [0.4, 0.5) is 16.0 Å². The van der Waals surface area contributed by atoms with E-state index < -0.39 is 11.7 Å². The van der Waals surface area contributed by atoms with Crippen LogP contribution in [0.1, 0.15) is 55.6 Å². The summed E-state index contributed by atoms with van der Waals surface area (Å²) in [6.45, 7) is 8.86. The Morgan fingerprint density at radius 3 is 2.58 bits per heavy atom. The van der Waals surface area contributed by atoms with Gasteiger partial charge in [-0.3, -0.25) is 14.2 Å². The molecule has 1 amide bonds. The van der Waals surface area contributed by atoms with Crippen LogP contribution >= 0.6 is 0 Å². The molecule has 1 aliphatic rings. The molecule has 31 heavy (non-hydrogen) atoms. The monoisotopic (exact) mass is 436 g/mol. The number of nitrogens with zero attached hydrogens (tertiary/aromatic N) is 4. The van der Waals surface area contributed by atoms with Crippen LogP contribution in [0.15, 0.2) is 12.3 Å². The van der Waals surface area contributed by atoms with Gasteiger partial charge in [0, 0.05) is 32.9 Å². The third kappa shape index (κ3) is 4.40. The second-order valence-corrected chi connectivity index (χ2v) is 7.16. The van der Waals surface area contributed by atoms with Gasteiger partial charge in [-0.2, -0.15) is 4.98 Å². The lowest BCUT2D eigenvalue weighted by molar-refractivity contribution is 0.0631. The molecule has 0 atom stereocenters. The molecule has 2 aromatic heterocycles. The number of ether oxygens (including phenoxy) is 1. The molecule has 5 N–H and O–H groups in total. The number of hydrogen-bond acceptors (Lipinski definition) is 5. The Hall–Kier alpha value is -2.98. The zero-order valence-corrected chi connectivity index (χ0v) is 18.6. The minimum Gasteiger partial charge on any atom is -0.412 e. The molecule has 1 fully saturated rings. The van der Waals surface area contributed by atoms with E-state index in [2.05, 4.69) is 20.0 Å². The minimum absolute atomic E-state index is 0. The van der Waals surface area contributed by atoms with Gasteiger partial charge in [0.05, 0.1) is 17.8 Å². The molecule has 1 aliphatic heterocycles. The third-order valence-corrected chi connectivity index (χ3v) is 5.37. The van der Waals surface area contributed by atoms with Crippen LogP contribution in [-0.2, 0) is 11.8 Å². The van der Waals surface area contributed by atoms with E-state index in [1.54, 1.807) is 20.0 Å². The molecule has 0 radical (unpaired) electrons. The molecule has 3 heterocycles. The predicted octanol–water partition coefficient (Wildman–Crippen LogP) is 3.17. The summed E-state index contributed by atoms with van der Waals surface area (Å²) in [7, 11) is 1.99. The van der Waals surface area contributed by atoms with Crippen molar-refractivity contribution in [3.8, 4) is 0 Å². The van der Waals surface area contributed by atoms with Crippen LogP contribution in [0.2, 0.25) is 0 Å². The zero-order valence-electron chi connectivity index (χ0n) is 18.6. The van der Waals surface area contributed by atoms with Crippen molar-refractivity contribution in [2.24, 2.45) is 12.8 Å². The van der Waals surface area contributed by atoms with Crippen LogP contribution in [0.3, 0.4) is 0 Å². The fourth-order valence-corrected chi connectivity index (χ4v) is 3.83. The van der Waals surface area contributed by atoms with Gasteiger partial charge in [0.2, 0.25) is 5.95 Å². The Morgan fingerprint density at radius 1 is 1.32 bits per heavy atom. The number of aryl methyl sites for hydroxylation is 2. The summed E-state index contributed by atoms with van der Waals surface area (Å²) in [6.07, 6.45) is 3.63. The number of carbonyl (C=O) groups is 1. The van der Waals surface area contributed by atoms with Crippen molar-refractivity contribution in [3.63, 3.8) is 0 Å². The molecular formula is C21H33FN6O3. The quantitative estimate of drug-likeness (QED) is 0.648. The lowest BCUT2D eigenvalue weighted by atomic mass is 10.0. The Kier molecular flexibility index (Phi) is 7.75. The summed E-state index contributed by atoms with van der Waals surface area (Å²) >= 11 is 0. The van der Waals surface area contributed by atoms with Crippen molar-refractivity contribution < 1.29 is 20.8 Å². The van der Waals surface area contributed by atoms with E-state index in [-0.39, 0.29) is 12.5 Å². The number of rotatable bonds is 4. The smallest absolute Gasteiger partial charge is 0.251 e. The van der Waals surface area contributed by atoms with Gasteiger partial charge in [-0.05, 0) is 38.3 Å². The largest absolute Gasteiger partial charge is 0.412 e. The molecule has 10 heteroatoms. The summed E-state index contributed by atoms with van der Waals surface area (Å²) in [5.74, 6) is -1.04. The maximum Gasteiger partial charge on any atom is 0.251 e. The molecule has 9 nitrogen and oxygen atoms in total. The second kappa shape index (κ2) is 9.88. The first-order valence-electron chi connectivity index (χ1n) is 10.2. The Balaban J connectivity index is 0.00000125. The van der Waals surface area contributed by atoms with Crippen LogP contribution in [-0.4, -0.2) is 43.9 Å². The van der Waals surface area contributed by atoms with Gasteiger partial charge >= 0.3 is 0 Å². The average molecular weight is 437 g/mol. The third-order valence-electron chi connectivity index (χ3n) is 5.37. The number of carbonyl (C=O) groups excluding carboxylic acids is 1. The fourth-order valence-electron chi connectivity index (χ4n) is 3.83. The number of fused-ring (bicyclic) bond motifs is 1. The van der Waals surface area contributed by atoms with Crippen molar-refractivity contribution >= 4 is 28.7 Å². The molecule has 0 saturated carbocycles. The van der Waals surface area contributed by atoms with E-state index in [1.807, 2.05) is 25.6 Å². The summed E-state index contributed by atoms with van der Waals surface area (Å²) in [5.41, 5.74) is 8.46.